The van der Waals surface area contributed by atoms with E-state index in [1.54, 1.807) is 0 Å². The second-order valence-corrected chi connectivity index (χ2v) is 6.18. The Morgan fingerprint density at radius 1 is 1.04 bits per heavy atom. The van der Waals surface area contributed by atoms with Crippen LogP contribution in [0.5, 0.6) is 0 Å². The molecule has 2 atom stereocenters. The minimum absolute atomic E-state index is 0. The Hall–Kier alpha value is -0.970. The number of anilines is 1. The van der Waals surface area contributed by atoms with Gasteiger partial charge >= 0.3 is 0 Å². The van der Waals surface area contributed by atoms with E-state index in [-0.39, 0.29) is 30.7 Å². The molecule has 2 fully saturated rings. The molecule has 23 heavy (non-hydrogen) atoms. The highest BCUT2D eigenvalue weighted by molar-refractivity contribution is 5.85. The standard InChI is InChI=1S/C17H25N3O.2ClH/c18-13-14-5-4-8-16(14)17(21)20-11-9-19(10-12-20)15-6-2-1-3-7-15;;/h1-3,6-7,14,16H,4-5,8-13,18H2;2*1H/t14-,16-;;/m1../s1. The van der Waals surface area contributed by atoms with Crippen LogP contribution in [0, 0.1) is 11.8 Å². The molecule has 1 saturated carbocycles. The Kier molecular flexibility index (Phi) is 8.17. The molecule has 0 aromatic heterocycles. The maximum Gasteiger partial charge on any atom is 0.226 e. The van der Waals surface area contributed by atoms with E-state index in [0.717, 1.165) is 45.4 Å². The summed E-state index contributed by atoms with van der Waals surface area (Å²) >= 11 is 0. The second kappa shape index (κ2) is 9.36. The van der Waals surface area contributed by atoms with Crippen LogP contribution >= 0.6 is 24.8 Å². The summed E-state index contributed by atoms with van der Waals surface area (Å²) in [6.45, 7) is 4.18. The monoisotopic (exact) mass is 359 g/mol. The molecule has 0 radical (unpaired) electrons. The third-order valence-corrected chi connectivity index (χ3v) is 4.99. The van der Waals surface area contributed by atoms with Crippen molar-refractivity contribution in [2.75, 3.05) is 37.6 Å². The molecule has 130 valence electrons. The van der Waals surface area contributed by atoms with Gasteiger partial charge in [0.2, 0.25) is 5.91 Å². The number of nitrogens with two attached hydrogens (primary N) is 1. The quantitative estimate of drug-likeness (QED) is 0.901. The summed E-state index contributed by atoms with van der Waals surface area (Å²) in [5.74, 6) is 0.929. The molecule has 1 saturated heterocycles. The molecule has 0 spiro atoms. The van der Waals surface area contributed by atoms with Crippen molar-refractivity contribution in [3.8, 4) is 0 Å². The number of benzene rings is 1. The van der Waals surface area contributed by atoms with Crippen molar-refractivity contribution in [3.05, 3.63) is 30.3 Å². The first kappa shape index (κ1) is 20.1. The van der Waals surface area contributed by atoms with Gasteiger partial charge in [-0.25, -0.2) is 0 Å². The molecular weight excluding hydrogens is 333 g/mol. The summed E-state index contributed by atoms with van der Waals surface area (Å²) < 4.78 is 0. The number of rotatable bonds is 3. The van der Waals surface area contributed by atoms with Crippen molar-refractivity contribution in [2.45, 2.75) is 19.3 Å². The van der Waals surface area contributed by atoms with Crippen LogP contribution in [0.15, 0.2) is 30.3 Å². The average molecular weight is 360 g/mol. The largest absolute Gasteiger partial charge is 0.368 e. The summed E-state index contributed by atoms with van der Waals surface area (Å²) in [5.41, 5.74) is 7.07. The van der Waals surface area contributed by atoms with Crippen LogP contribution in [0.25, 0.3) is 0 Å². The Morgan fingerprint density at radius 3 is 2.30 bits per heavy atom. The fourth-order valence-electron chi connectivity index (χ4n) is 3.70. The average Bonchev–Trinajstić information content (AvgIpc) is 3.04. The first-order valence-electron chi connectivity index (χ1n) is 8.08. The lowest BCUT2D eigenvalue weighted by Gasteiger charge is -2.37. The van der Waals surface area contributed by atoms with E-state index >= 15 is 0 Å². The molecular formula is C17H27Cl2N3O. The van der Waals surface area contributed by atoms with E-state index in [1.165, 1.54) is 5.69 Å². The van der Waals surface area contributed by atoms with E-state index in [1.807, 2.05) is 6.07 Å². The Balaban J connectivity index is 0.00000132. The zero-order valence-corrected chi connectivity index (χ0v) is 15.0. The topological polar surface area (TPSA) is 49.6 Å². The number of para-hydroxylation sites is 1. The predicted octanol–water partition coefficient (Wildman–Crippen LogP) is 2.55. The molecule has 1 aliphatic carbocycles. The number of carbonyl (C=O) groups excluding carboxylic acids is 1. The van der Waals surface area contributed by atoms with Gasteiger partial charge < -0.3 is 15.5 Å². The highest BCUT2D eigenvalue weighted by atomic mass is 35.5. The normalized spacial score (nSPS) is 23.9. The van der Waals surface area contributed by atoms with Gasteiger partial charge in [-0.3, -0.25) is 4.79 Å². The van der Waals surface area contributed by atoms with Crippen LogP contribution in [-0.4, -0.2) is 43.5 Å². The van der Waals surface area contributed by atoms with Crippen molar-refractivity contribution >= 4 is 36.4 Å². The zero-order valence-electron chi connectivity index (χ0n) is 13.4. The van der Waals surface area contributed by atoms with Gasteiger partial charge in [0.25, 0.3) is 0 Å². The SMILES string of the molecule is Cl.Cl.NC[C@H]1CCC[C@H]1C(=O)N1CCN(c2ccccc2)CC1. The fourth-order valence-corrected chi connectivity index (χ4v) is 3.70. The molecule has 0 bridgehead atoms. The van der Waals surface area contributed by atoms with Crippen LogP contribution in [0.2, 0.25) is 0 Å². The molecule has 4 nitrogen and oxygen atoms in total. The minimum atomic E-state index is 0. The van der Waals surface area contributed by atoms with E-state index in [9.17, 15) is 4.79 Å². The lowest BCUT2D eigenvalue weighted by atomic mass is 9.94. The fraction of sp³-hybridized carbons (Fsp3) is 0.588. The van der Waals surface area contributed by atoms with Gasteiger partial charge in [-0.15, -0.1) is 24.8 Å². The minimum Gasteiger partial charge on any atom is -0.368 e. The summed E-state index contributed by atoms with van der Waals surface area (Å²) in [7, 11) is 0. The highest BCUT2D eigenvalue weighted by Crippen LogP contribution is 2.32. The van der Waals surface area contributed by atoms with Crippen LogP contribution < -0.4 is 10.6 Å². The van der Waals surface area contributed by atoms with Crippen molar-refractivity contribution in [3.63, 3.8) is 0 Å². The van der Waals surface area contributed by atoms with Crippen LogP contribution in [0.3, 0.4) is 0 Å². The molecule has 1 amide bonds. The van der Waals surface area contributed by atoms with Crippen LogP contribution in [0.4, 0.5) is 5.69 Å². The zero-order chi connectivity index (χ0) is 14.7. The summed E-state index contributed by atoms with van der Waals surface area (Å²) in [5, 5.41) is 0. The first-order valence-corrected chi connectivity index (χ1v) is 8.08. The van der Waals surface area contributed by atoms with Crippen molar-refractivity contribution in [1.82, 2.24) is 4.90 Å². The van der Waals surface area contributed by atoms with Gasteiger partial charge in [0.15, 0.2) is 0 Å². The molecule has 3 rings (SSSR count). The number of hydrogen-bond donors (Lipinski definition) is 1. The third kappa shape index (κ3) is 4.52. The predicted molar refractivity (Wildman–Crippen MR) is 99.6 cm³/mol. The van der Waals surface area contributed by atoms with Crippen molar-refractivity contribution < 1.29 is 4.79 Å². The van der Waals surface area contributed by atoms with E-state index < -0.39 is 0 Å². The van der Waals surface area contributed by atoms with Gasteiger partial charge in [-0.05, 0) is 37.4 Å². The number of piperazine rings is 1. The molecule has 6 heteroatoms. The Bertz CT molecular complexity index is 478. The molecule has 1 heterocycles. The number of carbonyl (C=O) groups is 1. The van der Waals surface area contributed by atoms with Gasteiger partial charge in [0.05, 0.1) is 0 Å². The third-order valence-electron chi connectivity index (χ3n) is 4.99. The smallest absolute Gasteiger partial charge is 0.226 e. The Morgan fingerprint density at radius 2 is 1.70 bits per heavy atom. The van der Waals surface area contributed by atoms with Crippen molar-refractivity contribution in [2.24, 2.45) is 17.6 Å². The van der Waals surface area contributed by atoms with Gasteiger partial charge in [-0.1, -0.05) is 24.6 Å². The van der Waals surface area contributed by atoms with E-state index in [0.29, 0.717) is 18.4 Å². The number of halogens is 2. The summed E-state index contributed by atoms with van der Waals surface area (Å²) in [4.78, 5) is 17.1. The lowest BCUT2D eigenvalue weighted by Crippen LogP contribution is -2.51. The van der Waals surface area contributed by atoms with Crippen LogP contribution in [-0.2, 0) is 4.79 Å². The first-order chi connectivity index (χ1) is 10.3. The molecule has 1 aliphatic heterocycles. The molecule has 1 aromatic rings. The van der Waals surface area contributed by atoms with Crippen molar-refractivity contribution in [1.29, 1.82) is 0 Å². The maximum atomic E-state index is 12.7. The molecule has 1 aromatic carbocycles. The maximum absolute atomic E-state index is 12.7. The van der Waals surface area contributed by atoms with E-state index in [4.69, 9.17) is 5.73 Å². The summed E-state index contributed by atoms with van der Waals surface area (Å²) in [6.07, 6.45) is 3.30. The molecule has 0 unspecified atom stereocenters. The lowest BCUT2D eigenvalue weighted by molar-refractivity contribution is -0.136. The molecule has 2 N–H and O–H groups in total. The molecule has 2 aliphatic rings. The number of amides is 1. The number of nitrogens with zero attached hydrogens (tertiary/aromatic N) is 2. The van der Waals surface area contributed by atoms with Gasteiger partial charge in [0, 0.05) is 37.8 Å². The van der Waals surface area contributed by atoms with Crippen LogP contribution in [0.1, 0.15) is 19.3 Å². The van der Waals surface area contributed by atoms with Gasteiger partial charge in [0.1, 0.15) is 0 Å². The van der Waals surface area contributed by atoms with Gasteiger partial charge in [-0.2, -0.15) is 0 Å². The highest BCUT2D eigenvalue weighted by Gasteiger charge is 2.35. The number of hydrogen-bond acceptors (Lipinski definition) is 3. The second-order valence-electron chi connectivity index (χ2n) is 6.18. The van der Waals surface area contributed by atoms with E-state index in [2.05, 4.69) is 34.1 Å². The Labute approximate surface area is 151 Å². The summed E-state index contributed by atoms with van der Waals surface area (Å²) in [6, 6.07) is 10.4.